The fraction of sp³-hybridized carbons (Fsp3) is 0.389. The van der Waals surface area contributed by atoms with Gasteiger partial charge in [0.1, 0.15) is 0 Å². The number of nitrogens with zero attached hydrogens (tertiary/aromatic N) is 1. The predicted molar refractivity (Wildman–Crippen MR) is 101 cm³/mol. The summed E-state index contributed by atoms with van der Waals surface area (Å²) in [4.78, 5) is 16.6. The van der Waals surface area contributed by atoms with Crippen molar-refractivity contribution in [3.63, 3.8) is 0 Å². The van der Waals surface area contributed by atoms with Gasteiger partial charge in [0.25, 0.3) is 0 Å². The van der Waals surface area contributed by atoms with E-state index < -0.39 is 9.84 Å². The highest BCUT2D eigenvalue weighted by atomic mass is 32.2. The smallest absolute Gasteiger partial charge is 0.175 e. The number of sulfone groups is 1. The van der Waals surface area contributed by atoms with Crippen LogP contribution in [0.4, 0.5) is 5.69 Å². The number of hydrogen-bond donors (Lipinski definition) is 1. The number of piperidine rings is 1. The van der Waals surface area contributed by atoms with Gasteiger partial charge in [0.05, 0.1) is 4.90 Å². The molecular formula is C18H22N2O3S2. The van der Waals surface area contributed by atoms with Crippen molar-refractivity contribution in [1.82, 2.24) is 4.90 Å². The molecule has 0 aliphatic carbocycles. The van der Waals surface area contributed by atoms with Gasteiger partial charge in [0, 0.05) is 34.8 Å². The Hall–Kier alpha value is -1.70. The van der Waals surface area contributed by atoms with E-state index in [0.717, 1.165) is 38.7 Å². The fourth-order valence-corrected chi connectivity index (χ4v) is 4.59. The SMILES string of the molecule is CS(=O)(=O)c1ccc(C(=O)C2CCN(Cc3cccs3)CC2)c(N)c1. The Morgan fingerprint density at radius 1 is 1.28 bits per heavy atom. The summed E-state index contributed by atoms with van der Waals surface area (Å²) in [6, 6.07) is 8.58. The van der Waals surface area contributed by atoms with E-state index in [2.05, 4.69) is 22.4 Å². The second-order valence-electron chi connectivity index (χ2n) is 6.52. The second kappa shape index (κ2) is 7.27. The lowest BCUT2D eigenvalue weighted by atomic mass is 9.88. The van der Waals surface area contributed by atoms with Crippen molar-refractivity contribution in [2.75, 3.05) is 25.1 Å². The van der Waals surface area contributed by atoms with Gasteiger partial charge in [-0.25, -0.2) is 8.42 Å². The van der Waals surface area contributed by atoms with Crippen LogP contribution in [0.25, 0.3) is 0 Å². The van der Waals surface area contributed by atoms with Crippen molar-refractivity contribution in [2.45, 2.75) is 24.3 Å². The first-order valence-corrected chi connectivity index (χ1v) is 11.0. The van der Waals surface area contributed by atoms with Crippen LogP contribution in [0.3, 0.4) is 0 Å². The third-order valence-electron chi connectivity index (χ3n) is 4.63. The number of ketones is 1. The molecule has 2 aromatic rings. The molecule has 1 aromatic heterocycles. The molecule has 0 unspecified atom stereocenters. The van der Waals surface area contributed by atoms with Crippen LogP contribution in [0.2, 0.25) is 0 Å². The van der Waals surface area contributed by atoms with Crippen LogP contribution >= 0.6 is 11.3 Å². The molecule has 5 nitrogen and oxygen atoms in total. The minimum Gasteiger partial charge on any atom is -0.398 e. The van der Waals surface area contributed by atoms with Gasteiger partial charge in [-0.15, -0.1) is 11.3 Å². The topological polar surface area (TPSA) is 80.5 Å². The molecule has 134 valence electrons. The third kappa shape index (κ3) is 4.29. The molecule has 2 N–H and O–H groups in total. The van der Waals surface area contributed by atoms with Crippen molar-refractivity contribution >= 4 is 32.6 Å². The number of thiophene rings is 1. The van der Waals surface area contributed by atoms with Gasteiger partial charge in [-0.2, -0.15) is 0 Å². The Morgan fingerprint density at radius 3 is 2.56 bits per heavy atom. The van der Waals surface area contributed by atoms with Gasteiger partial charge >= 0.3 is 0 Å². The number of anilines is 1. The molecule has 1 aromatic carbocycles. The maximum Gasteiger partial charge on any atom is 0.175 e. The Kier molecular flexibility index (Phi) is 5.27. The van der Waals surface area contributed by atoms with Crippen molar-refractivity contribution in [2.24, 2.45) is 5.92 Å². The molecule has 1 saturated heterocycles. The summed E-state index contributed by atoms with van der Waals surface area (Å²) < 4.78 is 23.2. The largest absolute Gasteiger partial charge is 0.398 e. The zero-order valence-electron chi connectivity index (χ0n) is 14.1. The summed E-state index contributed by atoms with van der Waals surface area (Å²) in [6.07, 6.45) is 2.74. The monoisotopic (exact) mass is 378 g/mol. The van der Waals surface area contributed by atoms with Crippen LogP contribution in [0.5, 0.6) is 0 Å². The fourth-order valence-electron chi connectivity index (χ4n) is 3.19. The van der Waals surface area contributed by atoms with E-state index in [1.54, 1.807) is 17.4 Å². The molecule has 1 fully saturated rings. The van der Waals surface area contributed by atoms with E-state index in [4.69, 9.17) is 5.73 Å². The molecule has 0 amide bonds. The molecule has 7 heteroatoms. The number of benzene rings is 1. The van der Waals surface area contributed by atoms with Crippen molar-refractivity contribution in [3.05, 3.63) is 46.2 Å². The lowest BCUT2D eigenvalue weighted by molar-refractivity contribution is 0.0836. The van der Waals surface area contributed by atoms with E-state index in [9.17, 15) is 13.2 Å². The quantitative estimate of drug-likeness (QED) is 0.639. The number of nitrogen functional groups attached to an aromatic ring is 1. The zero-order valence-corrected chi connectivity index (χ0v) is 15.8. The number of carbonyl (C=O) groups excluding carboxylic acids is 1. The Morgan fingerprint density at radius 2 is 2.00 bits per heavy atom. The van der Waals surface area contributed by atoms with E-state index in [1.807, 2.05) is 0 Å². The molecule has 0 spiro atoms. The van der Waals surface area contributed by atoms with Gasteiger partial charge < -0.3 is 5.73 Å². The molecule has 3 rings (SSSR count). The van der Waals surface area contributed by atoms with Crippen LogP contribution in [-0.4, -0.2) is 38.4 Å². The molecule has 0 atom stereocenters. The van der Waals surface area contributed by atoms with Crippen LogP contribution < -0.4 is 5.73 Å². The Labute approximate surface area is 152 Å². The first kappa shape index (κ1) is 18.1. The number of likely N-dealkylation sites (tertiary alicyclic amines) is 1. The summed E-state index contributed by atoms with van der Waals surface area (Å²) in [7, 11) is -3.32. The molecule has 0 bridgehead atoms. The van der Waals surface area contributed by atoms with Gasteiger partial charge in [0.2, 0.25) is 0 Å². The first-order valence-electron chi connectivity index (χ1n) is 8.23. The molecule has 2 heterocycles. The van der Waals surface area contributed by atoms with E-state index in [1.165, 1.54) is 17.0 Å². The minimum atomic E-state index is -3.32. The summed E-state index contributed by atoms with van der Waals surface area (Å²) in [5.74, 6) is -0.0284. The zero-order chi connectivity index (χ0) is 18.0. The molecule has 0 saturated carbocycles. The van der Waals surface area contributed by atoms with Crippen LogP contribution in [-0.2, 0) is 16.4 Å². The van der Waals surface area contributed by atoms with Crippen LogP contribution in [0.1, 0.15) is 28.1 Å². The van der Waals surface area contributed by atoms with E-state index in [-0.39, 0.29) is 22.3 Å². The Balaban J connectivity index is 1.64. The number of carbonyl (C=O) groups is 1. The number of hydrogen-bond acceptors (Lipinski definition) is 6. The average Bonchev–Trinajstić information content (AvgIpc) is 3.07. The summed E-state index contributed by atoms with van der Waals surface area (Å²) in [5.41, 5.74) is 6.63. The van der Waals surface area contributed by atoms with Gasteiger partial charge in [-0.3, -0.25) is 9.69 Å². The standard InChI is InChI=1S/C18H22N2O3S2/c1-25(22,23)15-4-5-16(17(19)11-15)18(21)13-6-8-20(9-7-13)12-14-3-2-10-24-14/h2-5,10-11,13H,6-9,12,19H2,1H3. The highest BCUT2D eigenvalue weighted by molar-refractivity contribution is 7.90. The van der Waals surface area contributed by atoms with Crippen molar-refractivity contribution in [3.8, 4) is 0 Å². The van der Waals surface area contributed by atoms with Gasteiger partial charge in [-0.1, -0.05) is 6.07 Å². The van der Waals surface area contributed by atoms with E-state index >= 15 is 0 Å². The maximum absolute atomic E-state index is 12.8. The van der Waals surface area contributed by atoms with E-state index in [0.29, 0.717) is 5.56 Å². The van der Waals surface area contributed by atoms with Crippen molar-refractivity contribution in [1.29, 1.82) is 0 Å². The number of Topliss-reactive ketones (excluding diaryl/α,β-unsaturated/α-hetero) is 1. The highest BCUT2D eigenvalue weighted by Gasteiger charge is 2.27. The lowest BCUT2D eigenvalue weighted by Crippen LogP contribution is -2.35. The summed E-state index contributed by atoms with van der Waals surface area (Å²) in [5, 5.41) is 2.08. The molecule has 1 aliphatic rings. The molecular weight excluding hydrogens is 356 g/mol. The summed E-state index contributed by atoms with van der Waals surface area (Å²) >= 11 is 1.75. The third-order valence-corrected chi connectivity index (χ3v) is 6.61. The molecule has 1 aliphatic heterocycles. The van der Waals surface area contributed by atoms with Crippen LogP contribution in [0.15, 0.2) is 40.6 Å². The Bertz CT molecular complexity index is 852. The van der Waals surface area contributed by atoms with Crippen LogP contribution in [0, 0.1) is 5.92 Å². The van der Waals surface area contributed by atoms with Crippen molar-refractivity contribution < 1.29 is 13.2 Å². The first-order chi connectivity index (χ1) is 11.8. The predicted octanol–water partition coefficient (Wildman–Crippen LogP) is 2.83. The minimum absolute atomic E-state index is 0.0216. The molecule has 25 heavy (non-hydrogen) atoms. The van der Waals surface area contributed by atoms with Gasteiger partial charge in [0.15, 0.2) is 15.6 Å². The highest BCUT2D eigenvalue weighted by Crippen LogP contribution is 2.27. The summed E-state index contributed by atoms with van der Waals surface area (Å²) in [6.45, 7) is 2.70. The second-order valence-corrected chi connectivity index (χ2v) is 9.56. The lowest BCUT2D eigenvalue weighted by Gasteiger charge is -2.31. The normalized spacial score (nSPS) is 16.8. The average molecular weight is 379 g/mol. The number of rotatable bonds is 5. The number of nitrogens with two attached hydrogens (primary N) is 1. The maximum atomic E-state index is 12.8. The van der Waals surface area contributed by atoms with Gasteiger partial charge in [-0.05, 0) is 55.6 Å². The molecule has 0 radical (unpaired) electrons.